The summed E-state index contributed by atoms with van der Waals surface area (Å²) in [6.45, 7) is 6.44. The van der Waals surface area contributed by atoms with E-state index in [9.17, 15) is 14.7 Å². The van der Waals surface area contributed by atoms with Gasteiger partial charge >= 0.3 is 5.97 Å². The summed E-state index contributed by atoms with van der Waals surface area (Å²) in [5.41, 5.74) is 3.62. The number of carbonyl (C=O) groups is 2. The lowest BCUT2D eigenvalue weighted by atomic mass is 9.76. The van der Waals surface area contributed by atoms with Gasteiger partial charge in [-0.3, -0.25) is 4.79 Å². The highest BCUT2D eigenvalue weighted by Gasteiger charge is 2.47. The predicted octanol–water partition coefficient (Wildman–Crippen LogP) is 4.32. The number of amides is 1. The Morgan fingerprint density at radius 2 is 1.80 bits per heavy atom. The van der Waals surface area contributed by atoms with E-state index >= 15 is 0 Å². The molecule has 0 aromatic heterocycles. The number of carboxylic acids is 1. The first-order valence-electron chi connectivity index (χ1n) is 8.61. The Hall–Kier alpha value is -2.62. The van der Waals surface area contributed by atoms with Crippen LogP contribution in [-0.2, 0) is 5.41 Å². The Balaban J connectivity index is 1.94. The first kappa shape index (κ1) is 15.9. The van der Waals surface area contributed by atoms with Crippen molar-refractivity contribution in [3.8, 4) is 0 Å². The van der Waals surface area contributed by atoms with E-state index in [1.165, 1.54) is 11.6 Å². The van der Waals surface area contributed by atoms with Crippen LogP contribution in [0.2, 0.25) is 0 Å². The third-order valence-electron chi connectivity index (χ3n) is 5.73. The molecule has 1 amide bonds. The van der Waals surface area contributed by atoms with Crippen LogP contribution in [0.25, 0.3) is 0 Å². The summed E-state index contributed by atoms with van der Waals surface area (Å²) in [5.74, 6) is -1.21. The molecule has 2 aliphatic rings. The number of aromatic carboxylic acids is 1. The second-order valence-corrected chi connectivity index (χ2v) is 7.65. The van der Waals surface area contributed by atoms with Crippen molar-refractivity contribution in [2.45, 2.75) is 44.7 Å². The molecule has 2 heterocycles. The van der Waals surface area contributed by atoms with Crippen molar-refractivity contribution in [3.05, 3.63) is 70.3 Å². The van der Waals surface area contributed by atoms with E-state index in [4.69, 9.17) is 0 Å². The molecule has 0 fully saturated rings. The molecule has 0 saturated carbocycles. The molecule has 4 rings (SSSR count). The monoisotopic (exact) mass is 335 g/mol. The van der Waals surface area contributed by atoms with Gasteiger partial charge in [-0.1, -0.05) is 50.2 Å². The second-order valence-electron chi connectivity index (χ2n) is 7.65. The minimum Gasteiger partial charge on any atom is -0.478 e. The molecule has 0 aliphatic carbocycles. The van der Waals surface area contributed by atoms with Crippen LogP contribution in [-0.4, -0.2) is 21.9 Å². The maximum atomic E-state index is 13.2. The van der Waals surface area contributed by atoms with E-state index in [0.717, 1.165) is 17.5 Å². The standard InChI is InChI=1S/C21H21NO3/c1-12-13-7-4-5-10-16(13)21(2,3)11-17-14-8-6-9-15(20(24)25)18(14)19(23)22(12)17/h4-10,12,17H,11H2,1-3H3,(H,24,25)/t12-,17+/m0/s1. The molecule has 4 heteroatoms. The van der Waals surface area contributed by atoms with Gasteiger partial charge in [-0.15, -0.1) is 0 Å². The zero-order valence-electron chi connectivity index (χ0n) is 14.6. The summed E-state index contributed by atoms with van der Waals surface area (Å²) >= 11 is 0. The van der Waals surface area contributed by atoms with Crippen LogP contribution in [0.5, 0.6) is 0 Å². The Kier molecular flexibility index (Phi) is 3.29. The Labute approximate surface area is 147 Å². The van der Waals surface area contributed by atoms with Gasteiger partial charge in [0.05, 0.1) is 23.2 Å². The SMILES string of the molecule is C[C@H]1c2ccccc2C(C)(C)C[C@@H]2c3cccc(C(=O)O)c3C(=O)N21. The first-order valence-corrected chi connectivity index (χ1v) is 8.61. The van der Waals surface area contributed by atoms with Crippen LogP contribution in [0.15, 0.2) is 42.5 Å². The summed E-state index contributed by atoms with van der Waals surface area (Å²) < 4.78 is 0. The number of benzene rings is 2. The van der Waals surface area contributed by atoms with Crippen molar-refractivity contribution < 1.29 is 14.7 Å². The van der Waals surface area contributed by atoms with E-state index in [-0.39, 0.29) is 29.0 Å². The summed E-state index contributed by atoms with van der Waals surface area (Å²) in [6.07, 6.45) is 0.774. The van der Waals surface area contributed by atoms with Gasteiger partial charge in [-0.2, -0.15) is 0 Å². The maximum absolute atomic E-state index is 13.2. The van der Waals surface area contributed by atoms with Gasteiger partial charge in [0.25, 0.3) is 5.91 Å². The molecular weight excluding hydrogens is 314 g/mol. The topological polar surface area (TPSA) is 57.6 Å². The zero-order chi connectivity index (χ0) is 17.9. The number of carbonyl (C=O) groups excluding carboxylic acids is 1. The van der Waals surface area contributed by atoms with Crippen LogP contribution >= 0.6 is 0 Å². The van der Waals surface area contributed by atoms with E-state index in [2.05, 4.69) is 26.0 Å². The van der Waals surface area contributed by atoms with Crippen molar-refractivity contribution in [2.75, 3.05) is 0 Å². The fraction of sp³-hybridized carbons (Fsp3) is 0.333. The van der Waals surface area contributed by atoms with Gasteiger partial charge in [0.15, 0.2) is 0 Å². The van der Waals surface area contributed by atoms with E-state index in [0.29, 0.717) is 5.56 Å². The first-order chi connectivity index (χ1) is 11.8. The molecule has 0 radical (unpaired) electrons. The zero-order valence-corrected chi connectivity index (χ0v) is 14.6. The van der Waals surface area contributed by atoms with Crippen LogP contribution in [0.1, 0.15) is 76.7 Å². The third-order valence-corrected chi connectivity index (χ3v) is 5.73. The fourth-order valence-corrected chi connectivity index (χ4v) is 4.56. The van der Waals surface area contributed by atoms with Gasteiger partial charge in [-0.05, 0) is 41.5 Å². The highest BCUT2D eigenvalue weighted by atomic mass is 16.4. The molecule has 0 spiro atoms. The van der Waals surface area contributed by atoms with Gasteiger partial charge in [0.1, 0.15) is 0 Å². The van der Waals surface area contributed by atoms with Gasteiger partial charge in [-0.25, -0.2) is 4.79 Å². The number of hydrogen-bond acceptors (Lipinski definition) is 2. The Morgan fingerprint density at radius 3 is 2.52 bits per heavy atom. The van der Waals surface area contributed by atoms with Crippen molar-refractivity contribution in [3.63, 3.8) is 0 Å². The minimum atomic E-state index is -1.05. The van der Waals surface area contributed by atoms with Crippen LogP contribution in [0.3, 0.4) is 0 Å². The van der Waals surface area contributed by atoms with E-state index < -0.39 is 5.97 Å². The third kappa shape index (κ3) is 2.13. The van der Waals surface area contributed by atoms with Crippen LogP contribution in [0.4, 0.5) is 0 Å². The number of fused-ring (bicyclic) bond motifs is 4. The average molecular weight is 335 g/mol. The molecule has 4 nitrogen and oxygen atoms in total. The van der Waals surface area contributed by atoms with E-state index in [1.54, 1.807) is 6.07 Å². The lowest BCUT2D eigenvalue weighted by Gasteiger charge is -2.31. The summed E-state index contributed by atoms with van der Waals surface area (Å²) in [7, 11) is 0. The van der Waals surface area contributed by atoms with Crippen molar-refractivity contribution in [1.82, 2.24) is 4.90 Å². The fourth-order valence-electron chi connectivity index (χ4n) is 4.56. The summed E-state index contributed by atoms with van der Waals surface area (Å²) in [5, 5.41) is 9.51. The lowest BCUT2D eigenvalue weighted by molar-refractivity contribution is 0.0615. The maximum Gasteiger partial charge on any atom is 0.336 e. The molecular formula is C21H21NO3. The minimum absolute atomic E-state index is 0.0930. The number of hydrogen-bond donors (Lipinski definition) is 1. The smallest absolute Gasteiger partial charge is 0.336 e. The number of rotatable bonds is 1. The number of carboxylic acid groups (broad SMARTS) is 1. The normalized spacial score (nSPS) is 23.5. The van der Waals surface area contributed by atoms with Gasteiger partial charge in [0, 0.05) is 0 Å². The molecule has 0 saturated heterocycles. The highest BCUT2D eigenvalue weighted by molar-refractivity contribution is 6.08. The second kappa shape index (κ2) is 5.19. The summed E-state index contributed by atoms with van der Waals surface area (Å²) in [6, 6.07) is 13.3. The molecule has 2 aliphatic heterocycles. The molecule has 0 unspecified atom stereocenters. The molecule has 128 valence electrons. The van der Waals surface area contributed by atoms with Crippen molar-refractivity contribution >= 4 is 11.9 Å². The van der Waals surface area contributed by atoms with Gasteiger partial charge in [0.2, 0.25) is 0 Å². The Morgan fingerprint density at radius 1 is 1.12 bits per heavy atom. The molecule has 1 N–H and O–H groups in total. The predicted molar refractivity (Wildman–Crippen MR) is 94.8 cm³/mol. The summed E-state index contributed by atoms with van der Waals surface area (Å²) in [4.78, 5) is 26.7. The lowest BCUT2D eigenvalue weighted by Crippen LogP contribution is -2.31. The molecule has 2 atom stereocenters. The molecule has 25 heavy (non-hydrogen) atoms. The quantitative estimate of drug-likeness (QED) is 0.844. The molecule has 2 aromatic carbocycles. The molecule has 2 aromatic rings. The van der Waals surface area contributed by atoms with Crippen molar-refractivity contribution in [2.24, 2.45) is 0 Å². The van der Waals surface area contributed by atoms with Crippen LogP contribution in [0, 0.1) is 0 Å². The van der Waals surface area contributed by atoms with Gasteiger partial charge < -0.3 is 10.0 Å². The Bertz CT molecular complexity index is 900. The molecule has 0 bridgehead atoms. The largest absolute Gasteiger partial charge is 0.478 e. The van der Waals surface area contributed by atoms with Crippen LogP contribution < -0.4 is 0 Å². The van der Waals surface area contributed by atoms with E-state index in [1.807, 2.05) is 30.0 Å². The van der Waals surface area contributed by atoms with Crippen molar-refractivity contribution in [1.29, 1.82) is 0 Å². The highest BCUT2D eigenvalue weighted by Crippen LogP contribution is 2.51. The average Bonchev–Trinajstić information content (AvgIpc) is 2.81. The number of nitrogens with zero attached hydrogens (tertiary/aromatic N) is 1.